The summed E-state index contributed by atoms with van der Waals surface area (Å²) in [6.07, 6.45) is 15.6. The second kappa shape index (κ2) is 13.6. The van der Waals surface area contributed by atoms with Crippen molar-refractivity contribution < 1.29 is 13.9 Å². The number of aromatic nitrogens is 2. The smallest absolute Gasteiger partial charge is 0.316 e. The summed E-state index contributed by atoms with van der Waals surface area (Å²) in [4.78, 5) is 8.26. The van der Waals surface area contributed by atoms with Crippen molar-refractivity contribution in [3.63, 3.8) is 0 Å². The lowest BCUT2D eigenvalue weighted by atomic mass is 10.1. The van der Waals surface area contributed by atoms with E-state index >= 15 is 0 Å². The molecule has 1 atom stereocenters. The molecule has 0 saturated heterocycles. The predicted molar refractivity (Wildman–Crippen MR) is 121 cm³/mol. The van der Waals surface area contributed by atoms with Gasteiger partial charge in [0.1, 0.15) is 12.4 Å². The van der Waals surface area contributed by atoms with Crippen molar-refractivity contribution in [1.29, 1.82) is 0 Å². The molecule has 0 bridgehead atoms. The van der Waals surface area contributed by atoms with Crippen molar-refractivity contribution in [1.82, 2.24) is 9.97 Å². The molecule has 5 heteroatoms. The Labute approximate surface area is 179 Å². The summed E-state index contributed by atoms with van der Waals surface area (Å²) in [5.74, 6) is -0.261. The molecule has 1 aromatic carbocycles. The predicted octanol–water partition coefficient (Wildman–Crippen LogP) is 6.63. The fraction of sp³-hybridized carbons (Fsp3) is 0.440. The van der Waals surface area contributed by atoms with Gasteiger partial charge < -0.3 is 9.47 Å². The number of hydrogen-bond acceptors (Lipinski definition) is 4. The summed E-state index contributed by atoms with van der Waals surface area (Å²) in [6.45, 7) is 9.09. The van der Waals surface area contributed by atoms with E-state index in [0.717, 1.165) is 43.4 Å². The van der Waals surface area contributed by atoms with Gasteiger partial charge in [-0.2, -0.15) is 0 Å². The Bertz CT molecular complexity index is 790. The first-order valence-corrected chi connectivity index (χ1v) is 10.8. The zero-order valence-corrected chi connectivity index (χ0v) is 18.1. The van der Waals surface area contributed by atoms with Crippen molar-refractivity contribution in [2.45, 2.75) is 58.5 Å². The number of hydrogen-bond donors (Lipinski definition) is 0. The number of nitrogens with zero attached hydrogens (tertiary/aromatic N) is 2. The molecule has 0 aliphatic rings. The van der Waals surface area contributed by atoms with Crippen LogP contribution in [0.3, 0.4) is 0 Å². The summed E-state index contributed by atoms with van der Waals surface area (Å²) in [7, 11) is 0. The molecule has 30 heavy (non-hydrogen) atoms. The molecule has 0 spiro atoms. The van der Waals surface area contributed by atoms with Gasteiger partial charge in [-0.15, -0.1) is 0 Å². The first-order valence-electron chi connectivity index (χ1n) is 10.8. The molecule has 0 amide bonds. The lowest BCUT2D eigenvalue weighted by molar-refractivity contribution is 0.0566. The molecular weight excluding hydrogens is 379 g/mol. The number of allylic oxidation sites excluding steroid dienone is 1. The summed E-state index contributed by atoms with van der Waals surface area (Å²) < 4.78 is 25.5. The van der Waals surface area contributed by atoms with Crippen LogP contribution in [-0.4, -0.2) is 29.3 Å². The molecule has 2 rings (SSSR count). The maximum Gasteiger partial charge on any atom is 0.316 e. The Hall–Kier alpha value is -2.53. The highest BCUT2D eigenvalue weighted by atomic mass is 19.1. The quantitative estimate of drug-likeness (QED) is 0.258. The molecule has 0 aliphatic heterocycles. The molecular formula is C25H33FN2O2. The first kappa shape index (κ1) is 23.7. The molecule has 0 saturated carbocycles. The van der Waals surface area contributed by atoms with Crippen LogP contribution in [0.5, 0.6) is 6.01 Å². The molecule has 162 valence electrons. The molecule has 2 aromatic rings. The Morgan fingerprint density at radius 1 is 1.13 bits per heavy atom. The molecule has 1 heterocycles. The van der Waals surface area contributed by atoms with E-state index < -0.39 is 0 Å². The van der Waals surface area contributed by atoms with Crippen LogP contribution >= 0.6 is 0 Å². The van der Waals surface area contributed by atoms with Crippen LogP contribution in [0.2, 0.25) is 0 Å². The van der Waals surface area contributed by atoms with Crippen LogP contribution in [0, 0.1) is 5.82 Å². The Morgan fingerprint density at radius 3 is 2.63 bits per heavy atom. The Kier molecular flexibility index (Phi) is 10.8. The minimum Gasteiger partial charge on any atom is -0.459 e. The number of benzene rings is 1. The zero-order chi connectivity index (χ0) is 21.6. The minimum atomic E-state index is -0.261. The van der Waals surface area contributed by atoms with Gasteiger partial charge in [-0.3, -0.25) is 0 Å². The van der Waals surface area contributed by atoms with Gasteiger partial charge in [-0.05, 0) is 44.2 Å². The molecule has 0 aliphatic carbocycles. The van der Waals surface area contributed by atoms with E-state index in [4.69, 9.17) is 9.47 Å². The lowest BCUT2D eigenvalue weighted by Crippen LogP contribution is -2.08. The van der Waals surface area contributed by atoms with Crippen molar-refractivity contribution in [2.75, 3.05) is 13.2 Å². The average Bonchev–Trinajstić information content (AvgIpc) is 2.76. The third-order valence-electron chi connectivity index (χ3n) is 4.72. The van der Waals surface area contributed by atoms with Gasteiger partial charge in [0.15, 0.2) is 0 Å². The van der Waals surface area contributed by atoms with Crippen LogP contribution < -0.4 is 4.74 Å². The Morgan fingerprint density at radius 2 is 1.93 bits per heavy atom. The van der Waals surface area contributed by atoms with E-state index in [-0.39, 0.29) is 17.9 Å². The van der Waals surface area contributed by atoms with Gasteiger partial charge in [0.05, 0.1) is 6.10 Å². The fourth-order valence-electron chi connectivity index (χ4n) is 2.97. The van der Waals surface area contributed by atoms with Crippen LogP contribution in [0.4, 0.5) is 4.39 Å². The molecule has 0 radical (unpaired) electrons. The summed E-state index contributed by atoms with van der Waals surface area (Å²) in [6, 6.07) is 5.44. The normalized spacial score (nSPS) is 12.2. The topological polar surface area (TPSA) is 44.2 Å². The van der Waals surface area contributed by atoms with Gasteiger partial charge in [-0.25, -0.2) is 14.4 Å². The average molecular weight is 413 g/mol. The summed E-state index contributed by atoms with van der Waals surface area (Å²) in [5, 5.41) is 0. The lowest BCUT2D eigenvalue weighted by Gasteiger charge is -2.12. The van der Waals surface area contributed by atoms with E-state index in [0.29, 0.717) is 12.2 Å². The molecule has 0 fully saturated rings. The van der Waals surface area contributed by atoms with Crippen LogP contribution in [0.15, 0.2) is 49.3 Å². The monoisotopic (exact) mass is 412 g/mol. The number of halogens is 1. The third kappa shape index (κ3) is 8.46. The van der Waals surface area contributed by atoms with Crippen LogP contribution in [0.1, 0.15) is 57.9 Å². The van der Waals surface area contributed by atoms with Gasteiger partial charge in [0.25, 0.3) is 0 Å². The highest BCUT2D eigenvalue weighted by Crippen LogP contribution is 2.22. The minimum absolute atomic E-state index is 0.261. The second-order valence-electron chi connectivity index (χ2n) is 7.31. The summed E-state index contributed by atoms with van der Waals surface area (Å²) >= 11 is 0. The van der Waals surface area contributed by atoms with Crippen molar-refractivity contribution in [3.05, 3.63) is 60.7 Å². The zero-order valence-electron chi connectivity index (χ0n) is 18.1. The largest absolute Gasteiger partial charge is 0.459 e. The number of ether oxygens (including phenoxy) is 2. The number of unbranched alkanes of at least 4 members (excludes halogenated alkanes) is 3. The van der Waals surface area contributed by atoms with E-state index in [9.17, 15) is 4.39 Å². The standard InChI is InChI=1S/C25H33FN2O2/c1-4-6-10-16-29-20(3)11-8-7-9-12-21-13-14-22(17-24(21)26)23-18-27-25(28-19-23)30-15-5-2/h5,9,12-14,17-20H,2,4,6-8,10-11,15-16H2,1,3H3. The summed E-state index contributed by atoms with van der Waals surface area (Å²) in [5.41, 5.74) is 2.05. The molecule has 4 nitrogen and oxygen atoms in total. The molecule has 0 N–H and O–H groups in total. The fourth-order valence-corrected chi connectivity index (χ4v) is 2.97. The number of rotatable bonds is 14. The second-order valence-corrected chi connectivity index (χ2v) is 7.31. The third-order valence-corrected chi connectivity index (χ3v) is 4.72. The highest BCUT2D eigenvalue weighted by molar-refractivity contribution is 5.64. The highest BCUT2D eigenvalue weighted by Gasteiger charge is 2.06. The van der Waals surface area contributed by atoms with Gasteiger partial charge in [0, 0.05) is 30.1 Å². The van der Waals surface area contributed by atoms with Gasteiger partial charge >= 0.3 is 6.01 Å². The van der Waals surface area contributed by atoms with Crippen LogP contribution in [-0.2, 0) is 4.74 Å². The van der Waals surface area contributed by atoms with Crippen molar-refractivity contribution in [3.8, 4) is 17.1 Å². The van der Waals surface area contributed by atoms with E-state index in [1.165, 1.54) is 18.9 Å². The van der Waals surface area contributed by atoms with E-state index in [2.05, 4.69) is 30.4 Å². The van der Waals surface area contributed by atoms with Crippen molar-refractivity contribution in [2.24, 2.45) is 0 Å². The van der Waals surface area contributed by atoms with Gasteiger partial charge in [-0.1, -0.05) is 56.7 Å². The van der Waals surface area contributed by atoms with Crippen LogP contribution in [0.25, 0.3) is 17.2 Å². The maximum atomic E-state index is 14.5. The van der Waals surface area contributed by atoms with E-state index in [1.807, 2.05) is 18.2 Å². The molecule has 1 aromatic heterocycles. The SMILES string of the molecule is C=CCOc1ncc(-c2ccc(C=CCCCC(C)OCCCCC)c(F)c2)cn1. The maximum absolute atomic E-state index is 14.5. The van der Waals surface area contributed by atoms with Crippen molar-refractivity contribution >= 4 is 6.08 Å². The first-order chi connectivity index (χ1) is 14.6. The Balaban J connectivity index is 1.80. The molecule has 1 unspecified atom stereocenters. The van der Waals surface area contributed by atoms with Gasteiger partial charge in [0.2, 0.25) is 0 Å². The van der Waals surface area contributed by atoms with E-state index in [1.54, 1.807) is 24.5 Å².